The molecule has 2 rings (SSSR count). The fraction of sp³-hybridized carbons (Fsp3) is 0. The average molecular weight is 214 g/mol. The molecule has 0 aliphatic rings. The van der Waals surface area contributed by atoms with Gasteiger partial charge in [-0.05, 0) is 12.1 Å². The number of aromatic nitrogens is 2. The molecule has 0 saturated heterocycles. The quantitative estimate of drug-likeness (QED) is 0.719. The van der Waals surface area contributed by atoms with Crippen LogP contribution in [0.2, 0.25) is 0 Å². The molecule has 0 atom stereocenters. The second-order valence-electron chi connectivity index (χ2n) is 2.83. The van der Waals surface area contributed by atoms with Crippen LogP contribution in [0.15, 0.2) is 29.3 Å². The maximum absolute atomic E-state index is 13.2. The number of nitrogens with one attached hydrogen (secondary N) is 1. The van der Waals surface area contributed by atoms with Crippen molar-refractivity contribution in [2.24, 2.45) is 0 Å². The summed E-state index contributed by atoms with van der Waals surface area (Å²) >= 11 is 0. The van der Waals surface area contributed by atoms with Crippen molar-refractivity contribution in [3.8, 4) is 5.69 Å². The molecular formula is C9H5F3N2O. The van der Waals surface area contributed by atoms with Crippen LogP contribution in [-0.4, -0.2) is 9.55 Å². The molecule has 1 aromatic carbocycles. The van der Waals surface area contributed by atoms with Crippen LogP contribution in [-0.2, 0) is 0 Å². The lowest BCUT2D eigenvalue weighted by atomic mass is 10.3. The summed E-state index contributed by atoms with van der Waals surface area (Å²) < 4.78 is 39.5. The summed E-state index contributed by atoms with van der Waals surface area (Å²) in [6.45, 7) is 0. The zero-order valence-electron chi connectivity index (χ0n) is 7.30. The van der Waals surface area contributed by atoms with Crippen LogP contribution in [0.5, 0.6) is 0 Å². The number of halogens is 3. The molecule has 78 valence electrons. The Morgan fingerprint density at radius 2 is 1.87 bits per heavy atom. The third-order valence-corrected chi connectivity index (χ3v) is 1.92. The smallest absolute Gasteiger partial charge is 0.312 e. The van der Waals surface area contributed by atoms with E-state index in [1.54, 1.807) is 0 Å². The van der Waals surface area contributed by atoms with Gasteiger partial charge in [-0.25, -0.2) is 18.0 Å². The van der Waals surface area contributed by atoms with E-state index in [1.165, 1.54) is 12.4 Å². The van der Waals surface area contributed by atoms with Gasteiger partial charge in [0.05, 0.1) is 5.69 Å². The van der Waals surface area contributed by atoms with E-state index < -0.39 is 23.1 Å². The Bertz CT molecular complexity index is 559. The van der Waals surface area contributed by atoms with Crippen LogP contribution in [0, 0.1) is 17.5 Å². The monoisotopic (exact) mass is 214 g/mol. The number of H-pyrrole nitrogens is 1. The average Bonchev–Trinajstić information content (AvgIpc) is 2.62. The number of rotatable bonds is 1. The van der Waals surface area contributed by atoms with E-state index in [2.05, 4.69) is 4.98 Å². The van der Waals surface area contributed by atoms with Gasteiger partial charge in [-0.3, -0.25) is 4.57 Å². The Hall–Kier alpha value is -1.98. The lowest BCUT2D eigenvalue weighted by Gasteiger charge is -2.03. The lowest BCUT2D eigenvalue weighted by Crippen LogP contribution is -2.16. The molecule has 0 aliphatic heterocycles. The normalized spacial score (nSPS) is 10.6. The van der Waals surface area contributed by atoms with Crippen LogP contribution in [0.25, 0.3) is 5.69 Å². The molecule has 2 aromatic rings. The minimum Gasteiger partial charge on any atom is -0.312 e. The van der Waals surface area contributed by atoms with Gasteiger partial charge in [-0.2, -0.15) is 0 Å². The van der Waals surface area contributed by atoms with Crippen molar-refractivity contribution in [2.75, 3.05) is 0 Å². The Labute approximate surface area is 81.8 Å². The highest BCUT2D eigenvalue weighted by molar-refractivity contribution is 5.34. The molecule has 6 heteroatoms. The van der Waals surface area contributed by atoms with Crippen LogP contribution in [0.4, 0.5) is 13.2 Å². The van der Waals surface area contributed by atoms with Crippen molar-refractivity contribution in [2.45, 2.75) is 0 Å². The first-order valence-electron chi connectivity index (χ1n) is 4.01. The van der Waals surface area contributed by atoms with Gasteiger partial charge in [0, 0.05) is 12.4 Å². The highest BCUT2D eigenvalue weighted by Gasteiger charge is 2.15. The highest BCUT2D eigenvalue weighted by Crippen LogP contribution is 2.17. The van der Waals surface area contributed by atoms with Crippen molar-refractivity contribution in [3.63, 3.8) is 0 Å². The second-order valence-corrected chi connectivity index (χ2v) is 2.83. The maximum atomic E-state index is 13.2. The highest BCUT2D eigenvalue weighted by atomic mass is 19.2. The van der Waals surface area contributed by atoms with E-state index in [0.717, 1.165) is 16.7 Å². The van der Waals surface area contributed by atoms with Crippen molar-refractivity contribution in [1.82, 2.24) is 9.55 Å². The molecule has 1 heterocycles. The van der Waals surface area contributed by atoms with E-state index in [1.807, 2.05) is 0 Å². The summed E-state index contributed by atoms with van der Waals surface area (Å²) in [5.74, 6) is -4.28. The largest absolute Gasteiger partial charge is 0.330 e. The van der Waals surface area contributed by atoms with Crippen molar-refractivity contribution in [3.05, 3.63) is 52.5 Å². The summed E-state index contributed by atoms with van der Waals surface area (Å²) in [7, 11) is 0. The first kappa shape index (κ1) is 9.57. The molecular weight excluding hydrogens is 209 g/mol. The number of aromatic amines is 1. The van der Waals surface area contributed by atoms with Gasteiger partial charge in [0.25, 0.3) is 0 Å². The minimum atomic E-state index is -1.60. The van der Waals surface area contributed by atoms with E-state index in [9.17, 15) is 18.0 Å². The van der Waals surface area contributed by atoms with Gasteiger partial charge in [-0.1, -0.05) is 0 Å². The van der Waals surface area contributed by atoms with Gasteiger partial charge in [0.2, 0.25) is 0 Å². The van der Waals surface area contributed by atoms with Gasteiger partial charge >= 0.3 is 5.69 Å². The molecule has 15 heavy (non-hydrogen) atoms. The molecule has 0 aliphatic carbocycles. The van der Waals surface area contributed by atoms with Gasteiger partial charge in [0.1, 0.15) is 0 Å². The number of hydrogen-bond acceptors (Lipinski definition) is 1. The first-order chi connectivity index (χ1) is 7.11. The summed E-state index contributed by atoms with van der Waals surface area (Å²) in [5.41, 5.74) is -0.958. The van der Waals surface area contributed by atoms with Crippen molar-refractivity contribution in [1.29, 1.82) is 0 Å². The van der Waals surface area contributed by atoms with E-state index >= 15 is 0 Å². The maximum Gasteiger partial charge on any atom is 0.330 e. The third-order valence-electron chi connectivity index (χ3n) is 1.92. The van der Waals surface area contributed by atoms with Crippen molar-refractivity contribution < 1.29 is 13.2 Å². The standard InChI is InChI=1S/C9H5F3N2O/c10-5-1-2-6(8(12)7(5)11)14-4-3-13-9(14)15/h1-4H,(H,13,15). The Kier molecular flexibility index (Phi) is 2.11. The molecule has 0 amide bonds. The topological polar surface area (TPSA) is 37.8 Å². The number of benzene rings is 1. The van der Waals surface area contributed by atoms with Gasteiger partial charge in [-0.15, -0.1) is 0 Å². The summed E-state index contributed by atoms with van der Waals surface area (Å²) in [5, 5.41) is 0. The second kappa shape index (κ2) is 3.30. The Morgan fingerprint density at radius 1 is 1.13 bits per heavy atom. The third kappa shape index (κ3) is 1.43. The first-order valence-corrected chi connectivity index (χ1v) is 4.01. The lowest BCUT2D eigenvalue weighted by molar-refractivity contribution is 0.444. The van der Waals surface area contributed by atoms with Crippen molar-refractivity contribution >= 4 is 0 Å². The Balaban J connectivity index is 2.70. The van der Waals surface area contributed by atoms with Gasteiger partial charge in [0.15, 0.2) is 17.5 Å². The van der Waals surface area contributed by atoms with Crippen LogP contribution >= 0.6 is 0 Å². The van der Waals surface area contributed by atoms with Gasteiger partial charge < -0.3 is 4.98 Å². The molecule has 0 radical (unpaired) electrons. The molecule has 0 fully saturated rings. The Morgan fingerprint density at radius 3 is 2.47 bits per heavy atom. The van der Waals surface area contributed by atoms with E-state index in [-0.39, 0.29) is 5.69 Å². The molecule has 3 nitrogen and oxygen atoms in total. The minimum absolute atomic E-state index is 0.333. The number of hydrogen-bond donors (Lipinski definition) is 1. The summed E-state index contributed by atoms with van der Waals surface area (Å²) in [4.78, 5) is 13.3. The van der Waals surface area contributed by atoms with Crippen LogP contribution < -0.4 is 5.69 Å². The van der Waals surface area contributed by atoms with Crippen LogP contribution in [0.1, 0.15) is 0 Å². The van der Waals surface area contributed by atoms with Crippen LogP contribution in [0.3, 0.4) is 0 Å². The fourth-order valence-electron chi connectivity index (χ4n) is 1.21. The molecule has 1 aromatic heterocycles. The predicted molar refractivity (Wildman–Crippen MR) is 46.3 cm³/mol. The number of nitrogens with zero attached hydrogens (tertiary/aromatic N) is 1. The molecule has 0 saturated carbocycles. The molecule has 0 spiro atoms. The SMILES string of the molecule is O=c1[nH]ccn1-c1ccc(F)c(F)c1F. The number of imidazole rings is 1. The zero-order chi connectivity index (χ0) is 11.0. The zero-order valence-corrected chi connectivity index (χ0v) is 7.30. The predicted octanol–water partition coefficient (Wildman–Crippen LogP) is 1.58. The summed E-state index contributed by atoms with van der Waals surface area (Å²) in [6, 6.07) is 1.75. The molecule has 1 N–H and O–H groups in total. The molecule has 0 bridgehead atoms. The molecule has 0 unspecified atom stereocenters. The fourth-order valence-corrected chi connectivity index (χ4v) is 1.21. The van der Waals surface area contributed by atoms with E-state index in [4.69, 9.17) is 0 Å². The summed E-state index contributed by atoms with van der Waals surface area (Å²) in [6.07, 6.45) is 2.49. The van der Waals surface area contributed by atoms with E-state index in [0.29, 0.717) is 0 Å².